The van der Waals surface area contributed by atoms with Gasteiger partial charge in [-0.1, -0.05) is 31.2 Å². The standard InChI is InChI=1S/C15H23NO2/c1-3-13-6-8-14(9-7-13)15(17)12-16-10-5-11-18-4-2/h6-9,16H,3-5,10-12H2,1-2H3. The van der Waals surface area contributed by atoms with Crippen molar-refractivity contribution < 1.29 is 9.53 Å². The average molecular weight is 249 g/mol. The first-order valence-corrected chi connectivity index (χ1v) is 6.68. The molecule has 3 heteroatoms. The molecule has 3 nitrogen and oxygen atoms in total. The SMILES string of the molecule is CCOCCCNCC(=O)c1ccc(CC)cc1. The molecule has 0 radical (unpaired) electrons. The van der Waals surface area contributed by atoms with E-state index in [2.05, 4.69) is 12.2 Å². The summed E-state index contributed by atoms with van der Waals surface area (Å²) in [6.45, 7) is 6.82. The minimum absolute atomic E-state index is 0.147. The molecule has 1 rings (SSSR count). The summed E-state index contributed by atoms with van der Waals surface area (Å²) < 4.78 is 5.23. The van der Waals surface area contributed by atoms with Gasteiger partial charge >= 0.3 is 0 Å². The number of nitrogens with one attached hydrogen (secondary N) is 1. The van der Waals surface area contributed by atoms with Crippen LogP contribution in [-0.4, -0.2) is 32.1 Å². The number of Topliss-reactive ketones (excluding diaryl/α,β-unsaturated/α-hetero) is 1. The molecule has 1 N–H and O–H groups in total. The minimum atomic E-state index is 0.147. The van der Waals surface area contributed by atoms with Gasteiger partial charge in [-0.3, -0.25) is 4.79 Å². The van der Waals surface area contributed by atoms with Crippen LogP contribution in [0.5, 0.6) is 0 Å². The zero-order valence-corrected chi connectivity index (χ0v) is 11.4. The van der Waals surface area contributed by atoms with Crippen molar-refractivity contribution >= 4 is 5.78 Å². The van der Waals surface area contributed by atoms with Crippen molar-refractivity contribution in [1.82, 2.24) is 5.32 Å². The van der Waals surface area contributed by atoms with Gasteiger partial charge in [-0.15, -0.1) is 0 Å². The highest BCUT2D eigenvalue weighted by molar-refractivity contribution is 5.97. The maximum atomic E-state index is 11.8. The number of rotatable bonds is 9. The molecule has 18 heavy (non-hydrogen) atoms. The molecule has 1 aromatic carbocycles. The van der Waals surface area contributed by atoms with Crippen LogP contribution in [0.2, 0.25) is 0 Å². The molecule has 0 saturated carbocycles. The molecule has 0 bridgehead atoms. The van der Waals surface area contributed by atoms with Crippen LogP contribution in [0.4, 0.5) is 0 Å². The van der Waals surface area contributed by atoms with Crippen LogP contribution >= 0.6 is 0 Å². The molecule has 0 aliphatic rings. The van der Waals surface area contributed by atoms with Crippen molar-refractivity contribution in [2.75, 3.05) is 26.3 Å². The Morgan fingerprint density at radius 1 is 1.22 bits per heavy atom. The molecule has 0 aliphatic heterocycles. The van der Waals surface area contributed by atoms with Gasteiger partial charge in [0.15, 0.2) is 5.78 Å². The quantitative estimate of drug-likeness (QED) is 0.539. The van der Waals surface area contributed by atoms with E-state index in [0.29, 0.717) is 6.54 Å². The molecule has 0 atom stereocenters. The second-order valence-electron chi connectivity index (χ2n) is 4.20. The fourth-order valence-corrected chi connectivity index (χ4v) is 1.67. The summed E-state index contributed by atoms with van der Waals surface area (Å²) >= 11 is 0. The van der Waals surface area contributed by atoms with Gasteiger partial charge in [0.05, 0.1) is 6.54 Å². The number of ketones is 1. The zero-order valence-electron chi connectivity index (χ0n) is 11.4. The Labute approximate surface area is 110 Å². The largest absolute Gasteiger partial charge is 0.382 e. The van der Waals surface area contributed by atoms with E-state index in [1.54, 1.807) is 0 Å². The second kappa shape index (κ2) is 8.84. The molecule has 0 saturated heterocycles. The fraction of sp³-hybridized carbons (Fsp3) is 0.533. The van der Waals surface area contributed by atoms with Crippen molar-refractivity contribution in [2.45, 2.75) is 26.7 Å². The van der Waals surface area contributed by atoms with Gasteiger partial charge in [0, 0.05) is 18.8 Å². The third-order valence-corrected chi connectivity index (χ3v) is 2.82. The maximum absolute atomic E-state index is 11.8. The molecule has 0 spiro atoms. The lowest BCUT2D eigenvalue weighted by molar-refractivity contribution is 0.0988. The number of ether oxygens (including phenoxy) is 1. The Balaban J connectivity index is 2.23. The lowest BCUT2D eigenvalue weighted by Gasteiger charge is -2.05. The number of carbonyl (C=O) groups excluding carboxylic acids is 1. The van der Waals surface area contributed by atoms with Crippen LogP contribution in [0.15, 0.2) is 24.3 Å². The van der Waals surface area contributed by atoms with Crippen molar-refractivity contribution in [2.24, 2.45) is 0 Å². The normalized spacial score (nSPS) is 10.6. The monoisotopic (exact) mass is 249 g/mol. The number of hydrogen-bond acceptors (Lipinski definition) is 3. The van der Waals surface area contributed by atoms with Gasteiger partial charge in [-0.2, -0.15) is 0 Å². The summed E-state index contributed by atoms with van der Waals surface area (Å²) in [5, 5.41) is 3.14. The summed E-state index contributed by atoms with van der Waals surface area (Å²) in [6.07, 6.45) is 1.94. The third kappa shape index (κ3) is 5.43. The Morgan fingerprint density at radius 2 is 1.94 bits per heavy atom. The second-order valence-corrected chi connectivity index (χ2v) is 4.20. The van der Waals surface area contributed by atoms with Gasteiger partial charge in [-0.25, -0.2) is 0 Å². The Bertz CT molecular complexity index is 346. The van der Waals surface area contributed by atoms with Crippen molar-refractivity contribution in [1.29, 1.82) is 0 Å². The smallest absolute Gasteiger partial charge is 0.176 e. The summed E-state index contributed by atoms with van der Waals surface area (Å²) in [5.41, 5.74) is 2.04. The first kappa shape index (κ1) is 14.9. The third-order valence-electron chi connectivity index (χ3n) is 2.82. The topological polar surface area (TPSA) is 38.3 Å². The lowest BCUT2D eigenvalue weighted by atomic mass is 10.1. The van der Waals surface area contributed by atoms with E-state index in [4.69, 9.17) is 4.74 Å². The predicted octanol–water partition coefficient (Wildman–Crippen LogP) is 2.45. The highest BCUT2D eigenvalue weighted by atomic mass is 16.5. The molecular weight excluding hydrogens is 226 g/mol. The van der Waals surface area contributed by atoms with E-state index in [1.807, 2.05) is 31.2 Å². The number of hydrogen-bond donors (Lipinski definition) is 1. The van der Waals surface area contributed by atoms with E-state index in [-0.39, 0.29) is 5.78 Å². The molecule has 0 amide bonds. The van der Waals surface area contributed by atoms with Crippen molar-refractivity contribution in [3.8, 4) is 0 Å². The molecule has 0 heterocycles. The first-order valence-electron chi connectivity index (χ1n) is 6.68. The van der Waals surface area contributed by atoms with Crippen LogP contribution in [0.1, 0.15) is 36.2 Å². The molecular formula is C15H23NO2. The summed E-state index contributed by atoms with van der Waals surface area (Å²) in [6, 6.07) is 7.84. The predicted molar refractivity (Wildman–Crippen MR) is 74.1 cm³/mol. The Kier molecular flexibility index (Phi) is 7.30. The fourth-order valence-electron chi connectivity index (χ4n) is 1.67. The van der Waals surface area contributed by atoms with E-state index < -0.39 is 0 Å². The average Bonchev–Trinajstić information content (AvgIpc) is 2.42. The van der Waals surface area contributed by atoms with E-state index in [1.165, 1.54) is 5.56 Å². The van der Waals surface area contributed by atoms with Gasteiger partial charge in [-0.05, 0) is 31.9 Å². The summed E-state index contributed by atoms with van der Waals surface area (Å²) in [5.74, 6) is 0.147. The highest BCUT2D eigenvalue weighted by Crippen LogP contribution is 2.05. The van der Waals surface area contributed by atoms with Crippen molar-refractivity contribution in [3.05, 3.63) is 35.4 Å². The molecule has 1 aromatic rings. The van der Waals surface area contributed by atoms with E-state index in [9.17, 15) is 4.79 Å². The van der Waals surface area contributed by atoms with Gasteiger partial charge in [0.2, 0.25) is 0 Å². The van der Waals surface area contributed by atoms with Gasteiger partial charge in [0.1, 0.15) is 0 Å². The first-order chi connectivity index (χ1) is 8.77. The highest BCUT2D eigenvalue weighted by Gasteiger charge is 2.04. The summed E-state index contributed by atoms with van der Waals surface area (Å²) in [4.78, 5) is 11.8. The summed E-state index contributed by atoms with van der Waals surface area (Å²) in [7, 11) is 0. The zero-order chi connectivity index (χ0) is 13.2. The molecule has 0 fully saturated rings. The lowest BCUT2D eigenvalue weighted by Crippen LogP contribution is -2.24. The van der Waals surface area contributed by atoms with E-state index >= 15 is 0 Å². The Hall–Kier alpha value is -1.19. The van der Waals surface area contributed by atoms with Crippen LogP contribution in [0.25, 0.3) is 0 Å². The molecule has 100 valence electrons. The minimum Gasteiger partial charge on any atom is -0.382 e. The van der Waals surface area contributed by atoms with Crippen LogP contribution in [0, 0.1) is 0 Å². The Morgan fingerprint density at radius 3 is 2.56 bits per heavy atom. The number of benzene rings is 1. The number of aryl methyl sites for hydroxylation is 1. The van der Waals surface area contributed by atoms with Gasteiger partial charge < -0.3 is 10.1 Å². The molecule has 0 unspecified atom stereocenters. The van der Waals surface area contributed by atoms with E-state index in [0.717, 1.165) is 38.2 Å². The number of carbonyl (C=O) groups is 1. The van der Waals surface area contributed by atoms with Crippen LogP contribution in [-0.2, 0) is 11.2 Å². The molecule has 0 aliphatic carbocycles. The maximum Gasteiger partial charge on any atom is 0.176 e. The van der Waals surface area contributed by atoms with Crippen LogP contribution in [0.3, 0.4) is 0 Å². The van der Waals surface area contributed by atoms with Crippen molar-refractivity contribution in [3.63, 3.8) is 0 Å². The molecule has 0 aromatic heterocycles. The van der Waals surface area contributed by atoms with Gasteiger partial charge in [0.25, 0.3) is 0 Å². The van der Waals surface area contributed by atoms with Crippen LogP contribution < -0.4 is 5.32 Å².